The third-order valence-electron chi connectivity index (χ3n) is 3.64. The van der Waals surface area contributed by atoms with Crippen LogP contribution in [0.4, 0.5) is 5.13 Å². The molecule has 0 aliphatic heterocycles. The molecule has 6 nitrogen and oxygen atoms in total. The molecule has 132 valence electrons. The molecule has 0 radical (unpaired) electrons. The van der Waals surface area contributed by atoms with Crippen molar-refractivity contribution >= 4 is 22.4 Å². The maximum absolute atomic E-state index is 12.7. The zero-order valence-electron chi connectivity index (χ0n) is 14.1. The quantitative estimate of drug-likeness (QED) is 0.550. The van der Waals surface area contributed by atoms with Gasteiger partial charge in [-0.1, -0.05) is 59.9 Å². The second-order valence-corrected chi connectivity index (χ2v) is 6.48. The van der Waals surface area contributed by atoms with E-state index in [1.165, 1.54) is 11.3 Å². The van der Waals surface area contributed by atoms with Crippen molar-refractivity contribution in [3.8, 4) is 22.2 Å². The van der Waals surface area contributed by atoms with Gasteiger partial charge in [0.25, 0.3) is 5.91 Å². The summed E-state index contributed by atoms with van der Waals surface area (Å²) in [6.45, 7) is 0. The molecule has 2 aromatic heterocycles. The highest BCUT2D eigenvalue weighted by molar-refractivity contribution is 7.18. The lowest BCUT2D eigenvalue weighted by Gasteiger charge is -2.08. The van der Waals surface area contributed by atoms with Crippen molar-refractivity contribution in [2.45, 2.75) is 0 Å². The van der Waals surface area contributed by atoms with Crippen molar-refractivity contribution in [3.63, 3.8) is 0 Å². The second-order valence-electron chi connectivity index (χ2n) is 5.50. The first-order valence-electron chi connectivity index (χ1n) is 8.18. The monoisotopic (exact) mass is 374 g/mol. The second kappa shape index (κ2) is 7.76. The van der Waals surface area contributed by atoms with Crippen molar-refractivity contribution in [1.29, 1.82) is 0 Å². The molecule has 0 atom stereocenters. The lowest BCUT2D eigenvalue weighted by Crippen LogP contribution is -2.13. The van der Waals surface area contributed by atoms with Crippen molar-refractivity contribution in [2.24, 2.45) is 0 Å². The van der Waals surface area contributed by atoms with Gasteiger partial charge in [0.1, 0.15) is 16.3 Å². The van der Waals surface area contributed by atoms with Gasteiger partial charge in [0.2, 0.25) is 11.0 Å². The average Bonchev–Trinajstić information content (AvgIpc) is 3.18. The summed E-state index contributed by atoms with van der Waals surface area (Å²) in [6.07, 6.45) is 1.58. The molecular weight excluding hydrogens is 360 g/mol. The number of hydrogen-bond donors (Lipinski definition) is 1. The lowest BCUT2D eigenvalue weighted by molar-refractivity contribution is 0.102. The molecule has 0 aliphatic carbocycles. The van der Waals surface area contributed by atoms with Crippen LogP contribution in [0.3, 0.4) is 0 Å². The third kappa shape index (κ3) is 3.99. The van der Waals surface area contributed by atoms with Gasteiger partial charge in [-0.25, -0.2) is 4.98 Å². The molecule has 0 saturated carbocycles. The summed E-state index contributed by atoms with van der Waals surface area (Å²) in [5.41, 5.74) is 1.27. The predicted octanol–water partition coefficient (Wildman–Crippen LogP) is 4.64. The van der Waals surface area contributed by atoms with Gasteiger partial charge in [0, 0.05) is 11.8 Å². The van der Waals surface area contributed by atoms with Gasteiger partial charge >= 0.3 is 0 Å². The number of carbonyl (C=O) groups excluding carboxylic acids is 1. The van der Waals surface area contributed by atoms with Crippen molar-refractivity contribution in [2.75, 3.05) is 5.32 Å². The van der Waals surface area contributed by atoms with Crippen molar-refractivity contribution in [3.05, 3.63) is 84.6 Å². The van der Waals surface area contributed by atoms with Gasteiger partial charge in [-0.2, -0.15) is 0 Å². The summed E-state index contributed by atoms with van der Waals surface area (Å²) in [5.74, 6) is 0.478. The van der Waals surface area contributed by atoms with E-state index in [-0.39, 0.29) is 11.8 Å². The topological polar surface area (TPSA) is 77.0 Å². The third-order valence-corrected chi connectivity index (χ3v) is 4.53. The van der Waals surface area contributed by atoms with E-state index in [0.717, 1.165) is 10.6 Å². The Labute approximate surface area is 159 Å². The minimum absolute atomic E-state index is 0.231. The fourth-order valence-electron chi connectivity index (χ4n) is 2.38. The summed E-state index contributed by atoms with van der Waals surface area (Å²) in [7, 11) is 0. The van der Waals surface area contributed by atoms with Crippen LogP contribution in [-0.4, -0.2) is 21.1 Å². The van der Waals surface area contributed by atoms with Crippen LogP contribution in [0, 0.1) is 0 Å². The Morgan fingerprint density at radius 1 is 0.889 bits per heavy atom. The highest BCUT2D eigenvalue weighted by Crippen LogP contribution is 2.27. The van der Waals surface area contributed by atoms with Gasteiger partial charge in [0.15, 0.2) is 0 Å². The van der Waals surface area contributed by atoms with Crippen LogP contribution in [0.1, 0.15) is 10.4 Å². The summed E-state index contributed by atoms with van der Waals surface area (Å²) in [6, 6.07) is 22.2. The average molecular weight is 374 g/mol. The van der Waals surface area contributed by atoms with Gasteiger partial charge < -0.3 is 4.74 Å². The number of aromatic nitrogens is 3. The zero-order chi connectivity index (χ0) is 18.5. The Balaban J connectivity index is 1.53. The molecule has 1 amide bonds. The molecule has 4 rings (SSSR count). The van der Waals surface area contributed by atoms with E-state index in [9.17, 15) is 4.79 Å². The van der Waals surface area contributed by atoms with Crippen LogP contribution < -0.4 is 10.1 Å². The van der Waals surface area contributed by atoms with Gasteiger partial charge in [-0.15, -0.1) is 10.2 Å². The summed E-state index contributed by atoms with van der Waals surface area (Å²) in [4.78, 5) is 16.9. The molecule has 2 aromatic carbocycles. The molecular formula is C20H14N4O2S. The first-order chi connectivity index (χ1) is 13.3. The number of ether oxygens (including phenoxy) is 1. The van der Waals surface area contributed by atoms with E-state index in [0.29, 0.717) is 16.4 Å². The summed E-state index contributed by atoms with van der Waals surface area (Å²) < 4.78 is 5.74. The molecule has 0 fully saturated rings. The fraction of sp³-hybridized carbons (Fsp3) is 0. The van der Waals surface area contributed by atoms with Crippen molar-refractivity contribution < 1.29 is 9.53 Å². The number of anilines is 1. The Hall–Kier alpha value is -3.58. The number of amides is 1. The Morgan fingerprint density at radius 2 is 1.63 bits per heavy atom. The van der Waals surface area contributed by atoms with E-state index < -0.39 is 0 Å². The zero-order valence-corrected chi connectivity index (χ0v) is 14.9. The Kier molecular flexibility index (Phi) is 4.84. The maximum Gasteiger partial charge on any atom is 0.262 e. The molecule has 27 heavy (non-hydrogen) atoms. The fourth-order valence-corrected chi connectivity index (χ4v) is 3.12. The molecule has 0 aliphatic rings. The van der Waals surface area contributed by atoms with E-state index >= 15 is 0 Å². The number of rotatable bonds is 5. The standard InChI is InChI=1S/C20H14N4O2S/c25-17(22-20-24-23-19(27-20)14-8-3-1-4-9-14)16-12-7-13-21-18(16)26-15-10-5-2-6-11-15/h1-13H,(H,22,24,25). The first kappa shape index (κ1) is 16.9. The number of hydrogen-bond acceptors (Lipinski definition) is 6. The maximum atomic E-state index is 12.7. The number of benzene rings is 2. The first-order valence-corrected chi connectivity index (χ1v) is 8.99. The molecule has 1 N–H and O–H groups in total. The van der Waals surface area contributed by atoms with E-state index in [1.54, 1.807) is 30.5 Å². The van der Waals surface area contributed by atoms with Crippen LogP contribution >= 0.6 is 11.3 Å². The minimum atomic E-state index is -0.357. The number of nitrogens with zero attached hydrogens (tertiary/aromatic N) is 3. The van der Waals surface area contributed by atoms with Crippen LogP contribution in [0.5, 0.6) is 11.6 Å². The highest BCUT2D eigenvalue weighted by Gasteiger charge is 2.16. The molecule has 4 aromatic rings. The number of nitrogens with one attached hydrogen (secondary N) is 1. The Morgan fingerprint density at radius 3 is 2.41 bits per heavy atom. The molecule has 2 heterocycles. The normalized spacial score (nSPS) is 10.4. The van der Waals surface area contributed by atoms with Gasteiger partial charge in [-0.05, 0) is 24.3 Å². The smallest absolute Gasteiger partial charge is 0.262 e. The molecule has 7 heteroatoms. The van der Waals surface area contributed by atoms with Crippen LogP contribution in [-0.2, 0) is 0 Å². The molecule has 0 spiro atoms. The summed E-state index contributed by atoms with van der Waals surface area (Å²) >= 11 is 1.30. The highest BCUT2D eigenvalue weighted by atomic mass is 32.1. The number of carbonyl (C=O) groups is 1. The molecule has 0 unspecified atom stereocenters. The Bertz CT molecular complexity index is 1050. The van der Waals surface area contributed by atoms with E-state index in [2.05, 4.69) is 20.5 Å². The lowest BCUT2D eigenvalue weighted by atomic mass is 10.2. The van der Waals surface area contributed by atoms with Gasteiger partial charge in [-0.3, -0.25) is 10.1 Å². The predicted molar refractivity (Wildman–Crippen MR) is 104 cm³/mol. The number of para-hydroxylation sites is 1. The molecule has 0 bridgehead atoms. The SMILES string of the molecule is O=C(Nc1nnc(-c2ccccc2)s1)c1cccnc1Oc1ccccc1. The van der Waals surface area contributed by atoms with Crippen molar-refractivity contribution in [1.82, 2.24) is 15.2 Å². The summed E-state index contributed by atoms with van der Waals surface area (Å²) in [5, 5.41) is 12.1. The van der Waals surface area contributed by atoms with Gasteiger partial charge in [0.05, 0.1) is 0 Å². The van der Waals surface area contributed by atoms with E-state index in [4.69, 9.17) is 4.74 Å². The largest absolute Gasteiger partial charge is 0.438 e. The molecule has 0 saturated heterocycles. The van der Waals surface area contributed by atoms with Crippen LogP contribution in [0.2, 0.25) is 0 Å². The van der Waals surface area contributed by atoms with Crippen LogP contribution in [0.15, 0.2) is 79.0 Å². The number of pyridine rings is 1. The van der Waals surface area contributed by atoms with E-state index in [1.807, 2.05) is 48.5 Å². The minimum Gasteiger partial charge on any atom is -0.438 e. The van der Waals surface area contributed by atoms with Crippen LogP contribution in [0.25, 0.3) is 10.6 Å².